The maximum atomic E-state index is 10.9. The summed E-state index contributed by atoms with van der Waals surface area (Å²) in [7, 11) is 0. The van der Waals surface area contributed by atoms with Gasteiger partial charge in [0.05, 0.1) is 22.3 Å². The van der Waals surface area contributed by atoms with Gasteiger partial charge in [-0.05, 0) is 12.1 Å². The molecule has 0 atom stereocenters. The van der Waals surface area contributed by atoms with Crippen molar-refractivity contribution >= 4 is 23.0 Å². The molecule has 5 heteroatoms. The Morgan fingerprint density at radius 1 is 1.62 bits per heavy atom. The van der Waals surface area contributed by atoms with Crippen LogP contribution in [0.25, 0.3) is 5.52 Å². The molecule has 66 valence electrons. The first-order valence-electron chi connectivity index (χ1n) is 3.62. The van der Waals surface area contributed by atoms with Gasteiger partial charge in [-0.3, -0.25) is 4.79 Å². The van der Waals surface area contributed by atoms with Gasteiger partial charge in [0, 0.05) is 6.20 Å². The fourth-order valence-corrected chi connectivity index (χ4v) is 1.42. The number of nitrogens with two attached hydrogens (primary N) is 1. The van der Waals surface area contributed by atoms with Crippen LogP contribution in [0, 0.1) is 0 Å². The van der Waals surface area contributed by atoms with E-state index in [0.29, 0.717) is 10.5 Å². The van der Waals surface area contributed by atoms with E-state index in [0.717, 1.165) is 0 Å². The Morgan fingerprint density at radius 2 is 2.38 bits per heavy atom. The normalized spacial score (nSPS) is 10.5. The highest BCUT2D eigenvalue weighted by atomic mass is 35.5. The molecule has 0 aliphatic carbocycles. The lowest BCUT2D eigenvalue weighted by Crippen LogP contribution is -2.13. The van der Waals surface area contributed by atoms with E-state index in [1.807, 2.05) is 0 Å². The fraction of sp³-hybridized carbons (Fsp3) is 0. The molecule has 0 saturated carbocycles. The Morgan fingerprint density at radius 3 is 3.08 bits per heavy atom. The highest BCUT2D eigenvalue weighted by molar-refractivity contribution is 6.36. The van der Waals surface area contributed by atoms with Crippen LogP contribution in [0.1, 0.15) is 10.4 Å². The maximum absolute atomic E-state index is 10.9. The van der Waals surface area contributed by atoms with E-state index < -0.39 is 5.91 Å². The van der Waals surface area contributed by atoms with Crippen molar-refractivity contribution in [3.63, 3.8) is 0 Å². The second kappa shape index (κ2) is 2.74. The molecular weight excluding hydrogens is 190 g/mol. The maximum Gasteiger partial charge on any atom is 0.251 e. The molecule has 0 aliphatic rings. The molecule has 0 unspecified atom stereocenters. The number of carbonyl (C=O) groups is 1. The van der Waals surface area contributed by atoms with Gasteiger partial charge in [0.1, 0.15) is 0 Å². The van der Waals surface area contributed by atoms with Crippen molar-refractivity contribution in [1.29, 1.82) is 0 Å². The predicted molar refractivity (Wildman–Crippen MR) is 48.7 cm³/mol. The number of primary amides is 1. The number of hydrogen-bond donors (Lipinski definition) is 1. The number of rotatable bonds is 1. The minimum atomic E-state index is -0.568. The Labute approximate surface area is 78.9 Å². The highest BCUT2D eigenvalue weighted by Crippen LogP contribution is 2.20. The zero-order chi connectivity index (χ0) is 9.42. The number of aromatic nitrogens is 2. The summed E-state index contributed by atoms with van der Waals surface area (Å²) in [4.78, 5) is 10.9. The zero-order valence-electron chi connectivity index (χ0n) is 6.57. The smallest absolute Gasteiger partial charge is 0.251 e. The molecule has 2 rings (SSSR count). The number of fused-ring (bicyclic) bond motifs is 1. The molecular formula is C8H6ClN3O. The number of amides is 1. The second-order valence-electron chi connectivity index (χ2n) is 2.57. The van der Waals surface area contributed by atoms with E-state index in [-0.39, 0.29) is 5.56 Å². The van der Waals surface area contributed by atoms with Gasteiger partial charge >= 0.3 is 0 Å². The summed E-state index contributed by atoms with van der Waals surface area (Å²) < 4.78 is 1.58. The first-order valence-corrected chi connectivity index (χ1v) is 3.99. The first kappa shape index (κ1) is 8.07. The van der Waals surface area contributed by atoms with Crippen LogP contribution in [-0.2, 0) is 0 Å². The third-order valence-corrected chi connectivity index (χ3v) is 2.16. The van der Waals surface area contributed by atoms with Crippen molar-refractivity contribution in [1.82, 2.24) is 9.61 Å². The van der Waals surface area contributed by atoms with Crippen LogP contribution in [0.3, 0.4) is 0 Å². The van der Waals surface area contributed by atoms with Gasteiger partial charge < -0.3 is 5.73 Å². The second-order valence-corrected chi connectivity index (χ2v) is 2.95. The fourth-order valence-electron chi connectivity index (χ4n) is 1.13. The highest BCUT2D eigenvalue weighted by Gasteiger charge is 2.10. The summed E-state index contributed by atoms with van der Waals surface area (Å²) in [6.45, 7) is 0. The molecule has 4 nitrogen and oxygen atoms in total. The SMILES string of the molecule is NC(=O)c1cnn2cccc2c1Cl. The number of nitrogens with zero attached hydrogens (tertiary/aromatic N) is 2. The molecule has 2 N–H and O–H groups in total. The third kappa shape index (κ3) is 1.15. The van der Waals surface area contributed by atoms with Gasteiger partial charge in [0.25, 0.3) is 5.91 Å². The summed E-state index contributed by atoms with van der Waals surface area (Å²) in [6, 6.07) is 3.56. The largest absolute Gasteiger partial charge is 0.366 e. The summed E-state index contributed by atoms with van der Waals surface area (Å²) in [6.07, 6.45) is 3.10. The van der Waals surface area contributed by atoms with Crippen LogP contribution in [0.2, 0.25) is 5.02 Å². The van der Waals surface area contributed by atoms with Crippen molar-refractivity contribution in [3.05, 3.63) is 35.1 Å². The Bertz CT molecular complexity index is 477. The molecule has 0 aliphatic heterocycles. The number of carbonyl (C=O) groups excluding carboxylic acids is 1. The summed E-state index contributed by atoms with van der Waals surface area (Å²) in [5.41, 5.74) is 6.02. The quantitative estimate of drug-likeness (QED) is 0.741. The van der Waals surface area contributed by atoms with Gasteiger partial charge in [-0.2, -0.15) is 5.10 Å². The molecule has 0 bridgehead atoms. The summed E-state index contributed by atoms with van der Waals surface area (Å²) >= 11 is 5.92. The molecule has 0 fully saturated rings. The number of halogens is 1. The standard InChI is InChI=1S/C8H6ClN3O/c9-7-5(8(10)13)4-11-12-3-1-2-6(7)12/h1-4H,(H2,10,13). The van der Waals surface area contributed by atoms with Crippen LogP contribution in [0.5, 0.6) is 0 Å². The average Bonchev–Trinajstić information content (AvgIpc) is 2.52. The van der Waals surface area contributed by atoms with Crippen molar-refractivity contribution in [2.75, 3.05) is 0 Å². The Kier molecular flexibility index (Phi) is 1.70. The van der Waals surface area contributed by atoms with Crippen molar-refractivity contribution < 1.29 is 4.79 Å². The van der Waals surface area contributed by atoms with E-state index in [1.165, 1.54) is 6.20 Å². The molecule has 1 amide bonds. The lowest BCUT2D eigenvalue weighted by molar-refractivity contribution is 0.1000. The van der Waals surface area contributed by atoms with E-state index in [9.17, 15) is 4.79 Å². The third-order valence-electron chi connectivity index (χ3n) is 1.77. The molecule has 2 heterocycles. The lowest BCUT2D eigenvalue weighted by atomic mass is 10.3. The van der Waals surface area contributed by atoms with Gasteiger partial charge in [-0.1, -0.05) is 11.6 Å². The molecule has 0 aromatic carbocycles. The van der Waals surface area contributed by atoms with Gasteiger partial charge in [-0.25, -0.2) is 4.52 Å². The number of hydrogen-bond acceptors (Lipinski definition) is 2. The van der Waals surface area contributed by atoms with Crippen LogP contribution >= 0.6 is 11.6 Å². The van der Waals surface area contributed by atoms with Crippen molar-refractivity contribution in [2.24, 2.45) is 5.73 Å². The monoisotopic (exact) mass is 195 g/mol. The summed E-state index contributed by atoms with van der Waals surface area (Å²) in [5, 5.41) is 4.29. The van der Waals surface area contributed by atoms with Crippen molar-refractivity contribution in [3.8, 4) is 0 Å². The van der Waals surface area contributed by atoms with E-state index in [1.54, 1.807) is 22.8 Å². The van der Waals surface area contributed by atoms with Crippen LogP contribution in [-0.4, -0.2) is 15.5 Å². The van der Waals surface area contributed by atoms with Crippen molar-refractivity contribution in [2.45, 2.75) is 0 Å². The molecule has 13 heavy (non-hydrogen) atoms. The van der Waals surface area contributed by atoms with Gasteiger partial charge in [-0.15, -0.1) is 0 Å². The minimum Gasteiger partial charge on any atom is -0.366 e. The molecule has 0 radical (unpaired) electrons. The summed E-state index contributed by atoms with van der Waals surface area (Å²) in [5.74, 6) is -0.568. The molecule has 0 saturated heterocycles. The van der Waals surface area contributed by atoms with Gasteiger partial charge in [0.15, 0.2) is 0 Å². The lowest BCUT2D eigenvalue weighted by Gasteiger charge is -2.00. The zero-order valence-corrected chi connectivity index (χ0v) is 7.32. The van der Waals surface area contributed by atoms with E-state index in [4.69, 9.17) is 17.3 Å². The molecule has 2 aromatic heterocycles. The van der Waals surface area contributed by atoms with E-state index >= 15 is 0 Å². The predicted octanol–water partition coefficient (Wildman–Crippen LogP) is 1.09. The van der Waals surface area contributed by atoms with Crippen LogP contribution < -0.4 is 5.73 Å². The van der Waals surface area contributed by atoms with Crippen LogP contribution in [0.15, 0.2) is 24.5 Å². The topological polar surface area (TPSA) is 60.4 Å². The molecule has 2 aromatic rings. The Hall–Kier alpha value is -1.55. The molecule has 0 spiro atoms. The average molecular weight is 196 g/mol. The van der Waals surface area contributed by atoms with Crippen LogP contribution in [0.4, 0.5) is 0 Å². The minimum absolute atomic E-state index is 0.243. The van der Waals surface area contributed by atoms with Gasteiger partial charge in [0.2, 0.25) is 0 Å². The first-order chi connectivity index (χ1) is 6.20. The van der Waals surface area contributed by atoms with E-state index in [2.05, 4.69) is 5.10 Å². The Balaban J connectivity index is 2.80.